The second kappa shape index (κ2) is 6.49. The zero-order valence-corrected chi connectivity index (χ0v) is 12.3. The highest BCUT2D eigenvalue weighted by molar-refractivity contribution is 9.09. The van der Waals surface area contributed by atoms with Crippen molar-refractivity contribution in [2.45, 2.75) is 50.2 Å². The summed E-state index contributed by atoms with van der Waals surface area (Å²) >= 11 is 3.30. The number of esters is 2. The molecule has 104 valence electrons. The summed E-state index contributed by atoms with van der Waals surface area (Å²) in [4.78, 5) is 22.2. The molecule has 1 fully saturated rings. The lowest BCUT2D eigenvalue weighted by atomic mass is 10.0. The third-order valence-corrected chi connectivity index (χ3v) is 3.33. The molecule has 0 N–H and O–H groups in total. The topological polar surface area (TPSA) is 71.1 Å². The number of methoxy groups -OCH3 is 1. The van der Waals surface area contributed by atoms with Crippen LogP contribution in [-0.2, 0) is 28.5 Å². The van der Waals surface area contributed by atoms with Crippen molar-refractivity contribution in [2.24, 2.45) is 0 Å². The Balaban J connectivity index is 2.93. The predicted octanol–water partition coefficient (Wildman–Crippen LogP) is 1.00. The van der Waals surface area contributed by atoms with Crippen LogP contribution in [-0.4, -0.2) is 48.5 Å². The summed E-state index contributed by atoms with van der Waals surface area (Å²) in [6.45, 7) is 4.32. The van der Waals surface area contributed by atoms with Gasteiger partial charge in [-0.05, 0) is 6.92 Å². The Labute approximate surface area is 114 Å². The fourth-order valence-electron chi connectivity index (χ4n) is 1.88. The molecule has 1 rings (SSSR count). The van der Waals surface area contributed by atoms with Gasteiger partial charge in [-0.3, -0.25) is 9.59 Å². The van der Waals surface area contributed by atoms with Gasteiger partial charge < -0.3 is 18.9 Å². The van der Waals surface area contributed by atoms with Gasteiger partial charge >= 0.3 is 11.9 Å². The molecule has 0 saturated carbocycles. The first-order valence-electron chi connectivity index (χ1n) is 5.53. The molecule has 0 unspecified atom stereocenters. The smallest absolute Gasteiger partial charge is 0.303 e. The summed E-state index contributed by atoms with van der Waals surface area (Å²) in [6.07, 6.45) is -2.35. The lowest BCUT2D eigenvalue weighted by molar-refractivity contribution is -0.225. The SMILES string of the molecule is CO[C@@H]1[C@H](OC(C)=O)[C@H](OC(C)=O)[C@H](C)O[C@H]1Br. The Morgan fingerprint density at radius 3 is 2.00 bits per heavy atom. The third kappa shape index (κ3) is 3.66. The summed E-state index contributed by atoms with van der Waals surface area (Å²) < 4.78 is 21.1. The molecule has 1 aliphatic heterocycles. The Bertz CT molecular complexity index is 321. The number of hydrogen-bond donors (Lipinski definition) is 0. The van der Waals surface area contributed by atoms with E-state index in [-0.39, 0.29) is 0 Å². The van der Waals surface area contributed by atoms with E-state index in [4.69, 9.17) is 18.9 Å². The van der Waals surface area contributed by atoms with Gasteiger partial charge in [-0.1, -0.05) is 15.9 Å². The van der Waals surface area contributed by atoms with E-state index in [0.717, 1.165) is 0 Å². The second-order valence-corrected chi connectivity index (χ2v) is 4.94. The molecule has 0 amide bonds. The van der Waals surface area contributed by atoms with Crippen LogP contribution in [0.15, 0.2) is 0 Å². The van der Waals surface area contributed by atoms with Gasteiger partial charge in [0, 0.05) is 21.0 Å². The van der Waals surface area contributed by atoms with Gasteiger partial charge in [0.1, 0.15) is 11.1 Å². The molecule has 1 heterocycles. The van der Waals surface area contributed by atoms with E-state index in [1.807, 2.05) is 0 Å². The maximum Gasteiger partial charge on any atom is 0.303 e. The molecular weight excluding hydrogens is 308 g/mol. The number of carbonyl (C=O) groups is 2. The van der Waals surface area contributed by atoms with E-state index < -0.39 is 41.4 Å². The molecule has 5 atom stereocenters. The largest absolute Gasteiger partial charge is 0.456 e. The fourth-order valence-corrected chi connectivity index (χ4v) is 2.74. The molecule has 0 aromatic carbocycles. The maximum atomic E-state index is 11.1. The van der Waals surface area contributed by atoms with Crippen LogP contribution in [0.3, 0.4) is 0 Å². The number of halogens is 1. The molecule has 0 aromatic rings. The quantitative estimate of drug-likeness (QED) is 0.570. The van der Waals surface area contributed by atoms with Crippen LogP contribution in [0, 0.1) is 0 Å². The Morgan fingerprint density at radius 2 is 1.56 bits per heavy atom. The number of alkyl halides is 1. The minimum absolute atomic E-state index is 0.408. The molecule has 1 aliphatic rings. The summed E-state index contributed by atoms with van der Waals surface area (Å²) in [7, 11) is 1.47. The van der Waals surface area contributed by atoms with E-state index in [9.17, 15) is 9.59 Å². The van der Waals surface area contributed by atoms with Gasteiger partial charge in [0.05, 0.1) is 6.10 Å². The summed E-state index contributed by atoms with van der Waals surface area (Å²) in [5.41, 5.74) is 0. The van der Waals surface area contributed by atoms with Crippen molar-refractivity contribution < 1.29 is 28.5 Å². The maximum absolute atomic E-state index is 11.1. The summed E-state index contributed by atoms with van der Waals surface area (Å²) in [5.74, 6) is -0.927. The number of ether oxygens (including phenoxy) is 4. The van der Waals surface area contributed by atoms with E-state index in [0.29, 0.717) is 0 Å². The molecule has 7 heteroatoms. The molecule has 0 aliphatic carbocycles. The minimum atomic E-state index is -0.704. The van der Waals surface area contributed by atoms with E-state index in [1.165, 1.54) is 21.0 Å². The first-order chi connectivity index (χ1) is 8.36. The molecule has 0 bridgehead atoms. The van der Waals surface area contributed by atoms with Crippen molar-refractivity contribution >= 4 is 27.9 Å². The van der Waals surface area contributed by atoms with Gasteiger partial charge in [-0.25, -0.2) is 0 Å². The van der Waals surface area contributed by atoms with Crippen molar-refractivity contribution in [3.8, 4) is 0 Å². The van der Waals surface area contributed by atoms with Gasteiger partial charge in [-0.2, -0.15) is 0 Å². The van der Waals surface area contributed by atoms with Crippen LogP contribution in [0.1, 0.15) is 20.8 Å². The van der Waals surface area contributed by atoms with E-state index in [1.54, 1.807) is 6.92 Å². The normalized spacial score (nSPS) is 35.9. The van der Waals surface area contributed by atoms with Crippen molar-refractivity contribution in [1.82, 2.24) is 0 Å². The first kappa shape index (κ1) is 15.4. The van der Waals surface area contributed by atoms with Gasteiger partial charge in [0.25, 0.3) is 0 Å². The number of hydrogen-bond acceptors (Lipinski definition) is 6. The summed E-state index contributed by atoms with van der Waals surface area (Å²) in [6, 6.07) is 0. The van der Waals surface area contributed by atoms with E-state index in [2.05, 4.69) is 15.9 Å². The highest BCUT2D eigenvalue weighted by Gasteiger charge is 2.47. The second-order valence-electron chi connectivity index (χ2n) is 4.04. The van der Waals surface area contributed by atoms with Gasteiger partial charge in [-0.15, -0.1) is 0 Å². The molecule has 0 aromatic heterocycles. The highest BCUT2D eigenvalue weighted by atomic mass is 79.9. The molecule has 18 heavy (non-hydrogen) atoms. The zero-order chi connectivity index (χ0) is 13.9. The minimum Gasteiger partial charge on any atom is -0.456 e. The first-order valence-corrected chi connectivity index (χ1v) is 6.45. The molecule has 1 saturated heterocycles. The van der Waals surface area contributed by atoms with Gasteiger partial charge in [0.2, 0.25) is 0 Å². The van der Waals surface area contributed by atoms with Crippen LogP contribution >= 0.6 is 15.9 Å². The molecular formula is C11H17BrO6. The van der Waals surface area contributed by atoms with Crippen molar-refractivity contribution in [2.75, 3.05) is 7.11 Å². The predicted molar refractivity (Wildman–Crippen MR) is 65.2 cm³/mol. The Morgan fingerprint density at radius 1 is 1.06 bits per heavy atom. The van der Waals surface area contributed by atoms with Crippen LogP contribution in [0.5, 0.6) is 0 Å². The lowest BCUT2D eigenvalue weighted by Gasteiger charge is -2.41. The van der Waals surface area contributed by atoms with Crippen molar-refractivity contribution in [3.63, 3.8) is 0 Å². The van der Waals surface area contributed by atoms with Crippen molar-refractivity contribution in [1.29, 1.82) is 0 Å². The fraction of sp³-hybridized carbons (Fsp3) is 0.818. The standard InChI is InChI=1S/C11H17BrO6/c1-5-8(17-6(2)13)9(18-7(3)14)10(15-4)11(12)16-5/h5,8-11H,1-4H3/t5-,8+,9+,10+,11+/m0/s1. The zero-order valence-electron chi connectivity index (χ0n) is 10.7. The number of carbonyl (C=O) groups excluding carboxylic acids is 2. The number of rotatable bonds is 3. The third-order valence-electron chi connectivity index (χ3n) is 2.59. The highest BCUT2D eigenvalue weighted by Crippen LogP contribution is 2.30. The molecule has 0 spiro atoms. The molecule has 6 nitrogen and oxygen atoms in total. The average molecular weight is 325 g/mol. The van der Waals surface area contributed by atoms with Crippen LogP contribution < -0.4 is 0 Å². The lowest BCUT2D eigenvalue weighted by Crippen LogP contribution is -2.58. The monoisotopic (exact) mass is 324 g/mol. The van der Waals surface area contributed by atoms with Crippen LogP contribution in [0.25, 0.3) is 0 Å². The Hall–Kier alpha value is -0.660. The average Bonchev–Trinajstić information content (AvgIpc) is 2.23. The molecule has 0 radical (unpaired) electrons. The van der Waals surface area contributed by atoms with Crippen molar-refractivity contribution in [3.05, 3.63) is 0 Å². The van der Waals surface area contributed by atoms with Crippen LogP contribution in [0.4, 0.5) is 0 Å². The summed E-state index contributed by atoms with van der Waals surface area (Å²) in [5, 5.41) is -0.436. The Kier molecular flexibility index (Phi) is 5.55. The van der Waals surface area contributed by atoms with Crippen LogP contribution in [0.2, 0.25) is 0 Å². The van der Waals surface area contributed by atoms with Gasteiger partial charge in [0.15, 0.2) is 12.2 Å². The van der Waals surface area contributed by atoms with E-state index >= 15 is 0 Å².